The van der Waals surface area contributed by atoms with Gasteiger partial charge in [0.25, 0.3) is 5.91 Å². The first-order valence-corrected chi connectivity index (χ1v) is 13.4. The molecule has 0 heterocycles. The largest absolute Gasteiger partial charge is 0.348 e. The van der Waals surface area contributed by atoms with Crippen molar-refractivity contribution in [3.63, 3.8) is 0 Å². The van der Waals surface area contributed by atoms with Gasteiger partial charge in [0, 0.05) is 17.1 Å². The standard InChI is InChI=1S/C33H34ClN2O/c1-2-3-4-6-24-9-11-26(12-10-24)23-36-33(37)30-8-5-7-29(22-30)27-15-17-28(18-16-27)32(35)21-25-13-19-31(34)20-14-25/h5,7-20,22,32,35H,2-4,6,21,23H2,1H3,(H,36,37). The van der Waals surface area contributed by atoms with Crippen LogP contribution in [0.1, 0.15) is 64.8 Å². The van der Waals surface area contributed by atoms with Gasteiger partial charge in [-0.1, -0.05) is 104 Å². The molecular formula is C33H34ClN2O. The van der Waals surface area contributed by atoms with E-state index in [1.165, 1.54) is 24.8 Å². The van der Waals surface area contributed by atoms with Gasteiger partial charge < -0.3 is 5.32 Å². The molecule has 3 nitrogen and oxygen atoms in total. The molecule has 0 aromatic heterocycles. The highest BCUT2D eigenvalue weighted by Crippen LogP contribution is 2.25. The number of rotatable bonds is 11. The molecule has 1 atom stereocenters. The maximum Gasteiger partial charge on any atom is 0.251 e. The highest BCUT2D eigenvalue weighted by Gasteiger charge is 2.10. The Morgan fingerprint density at radius 1 is 0.811 bits per heavy atom. The van der Waals surface area contributed by atoms with Crippen LogP contribution >= 0.6 is 11.6 Å². The van der Waals surface area contributed by atoms with Crippen LogP contribution in [-0.4, -0.2) is 5.91 Å². The number of halogens is 1. The summed E-state index contributed by atoms with van der Waals surface area (Å²) in [4.78, 5) is 12.8. The Kier molecular flexibility index (Phi) is 9.53. The molecule has 0 aliphatic carbocycles. The average Bonchev–Trinajstić information content (AvgIpc) is 2.94. The summed E-state index contributed by atoms with van der Waals surface area (Å²) in [5.41, 5.74) is 15.7. The normalized spacial score (nSPS) is 11.8. The van der Waals surface area contributed by atoms with Gasteiger partial charge in [-0.3, -0.25) is 4.79 Å². The fourth-order valence-electron chi connectivity index (χ4n) is 4.41. The van der Waals surface area contributed by atoms with Crippen molar-refractivity contribution in [3.8, 4) is 11.1 Å². The van der Waals surface area contributed by atoms with E-state index in [4.69, 9.17) is 17.3 Å². The maximum atomic E-state index is 12.8. The third kappa shape index (κ3) is 7.79. The van der Waals surface area contributed by atoms with Crippen LogP contribution in [0.5, 0.6) is 0 Å². The fourth-order valence-corrected chi connectivity index (χ4v) is 4.54. The first kappa shape index (κ1) is 26.7. The van der Waals surface area contributed by atoms with Crippen LogP contribution in [0.3, 0.4) is 0 Å². The van der Waals surface area contributed by atoms with Crippen molar-refractivity contribution in [1.29, 1.82) is 0 Å². The van der Waals surface area contributed by atoms with Crippen LogP contribution in [0.2, 0.25) is 5.02 Å². The number of nitrogens with one attached hydrogen (secondary N) is 2. The Hall–Kier alpha value is -3.40. The van der Waals surface area contributed by atoms with Crippen molar-refractivity contribution in [3.05, 3.63) is 130 Å². The summed E-state index contributed by atoms with van der Waals surface area (Å²) in [7, 11) is 0. The number of hydrogen-bond acceptors (Lipinski definition) is 1. The summed E-state index contributed by atoms with van der Waals surface area (Å²) in [6.45, 7) is 2.72. The molecule has 4 heteroatoms. The third-order valence-corrected chi connectivity index (χ3v) is 6.92. The van der Waals surface area contributed by atoms with Crippen molar-refractivity contribution in [2.75, 3.05) is 0 Å². The number of aryl methyl sites for hydroxylation is 1. The van der Waals surface area contributed by atoms with E-state index in [2.05, 4.69) is 36.5 Å². The van der Waals surface area contributed by atoms with Crippen LogP contribution in [0, 0.1) is 0 Å². The predicted molar refractivity (Wildman–Crippen MR) is 154 cm³/mol. The monoisotopic (exact) mass is 509 g/mol. The van der Waals surface area contributed by atoms with Gasteiger partial charge in [-0.2, -0.15) is 0 Å². The van der Waals surface area contributed by atoms with Crippen LogP contribution in [0.15, 0.2) is 97.1 Å². The smallest absolute Gasteiger partial charge is 0.251 e. The van der Waals surface area contributed by atoms with E-state index in [-0.39, 0.29) is 11.9 Å². The van der Waals surface area contributed by atoms with Gasteiger partial charge in [-0.25, -0.2) is 5.73 Å². The molecular weight excluding hydrogens is 476 g/mol. The Balaban J connectivity index is 1.34. The quantitative estimate of drug-likeness (QED) is 0.203. The lowest BCUT2D eigenvalue weighted by Crippen LogP contribution is -2.22. The molecule has 0 aliphatic rings. The summed E-state index contributed by atoms with van der Waals surface area (Å²) in [6.07, 6.45) is 5.45. The summed E-state index contributed by atoms with van der Waals surface area (Å²) in [5, 5.41) is 3.75. The summed E-state index contributed by atoms with van der Waals surface area (Å²) in [5.74, 6) is -0.0836. The summed E-state index contributed by atoms with van der Waals surface area (Å²) in [6, 6.07) is 31.6. The van der Waals surface area contributed by atoms with Crippen molar-refractivity contribution in [1.82, 2.24) is 11.1 Å². The van der Waals surface area contributed by atoms with E-state index < -0.39 is 0 Å². The molecule has 0 saturated carbocycles. The second-order valence-corrected chi connectivity index (χ2v) is 9.98. The van der Waals surface area contributed by atoms with Gasteiger partial charge in [0.15, 0.2) is 0 Å². The number of hydrogen-bond donors (Lipinski definition) is 1. The Morgan fingerprint density at radius 2 is 1.49 bits per heavy atom. The molecule has 4 aromatic rings. The average molecular weight is 510 g/mol. The van der Waals surface area contributed by atoms with Crippen molar-refractivity contribution < 1.29 is 4.79 Å². The van der Waals surface area contributed by atoms with E-state index in [0.29, 0.717) is 23.6 Å². The number of carbonyl (C=O) groups excluding carboxylic acids is 1. The minimum Gasteiger partial charge on any atom is -0.348 e. The van der Waals surface area contributed by atoms with Gasteiger partial charge >= 0.3 is 0 Å². The highest BCUT2D eigenvalue weighted by atomic mass is 35.5. The van der Waals surface area contributed by atoms with Crippen LogP contribution in [0.4, 0.5) is 0 Å². The van der Waals surface area contributed by atoms with E-state index in [9.17, 15) is 4.79 Å². The van der Waals surface area contributed by atoms with Crippen molar-refractivity contribution in [2.45, 2.75) is 51.6 Å². The lowest BCUT2D eigenvalue weighted by Gasteiger charge is -2.13. The predicted octanol–water partition coefficient (Wildman–Crippen LogP) is 8.24. The van der Waals surface area contributed by atoms with Gasteiger partial charge in [-0.05, 0) is 76.9 Å². The first-order valence-electron chi connectivity index (χ1n) is 13.0. The van der Waals surface area contributed by atoms with E-state index in [1.807, 2.05) is 72.8 Å². The Labute approximate surface area is 225 Å². The zero-order chi connectivity index (χ0) is 26.0. The highest BCUT2D eigenvalue weighted by molar-refractivity contribution is 6.30. The lowest BCUT2D eigenvalue weighted by molar-refractivity contribution is 0.0951. The summed E-state index contributed by atoms with van der Waals surface area (Å²) < 4.78 is 0. The second kappa shape index (κ2) is 13.2. The molecule has 0 bridgehead atoms. The van der Waals surface area contributed by atoms with Crippen LogP contribution in [-0.2, 0) is 19.4 Å². The molecule has 189 valence electrons. The number of amides is 1. The van der Waals surface area contributed by atoms with E-state index in [1.54, 1.807) is 0 Å². The molecule has 0 fully saturated rings. The van der Waals surface area contributed by atoms with Crippen molar-refractivity contribution >= 4 is 17.5 Å². The van der Waals surface area contributed by atoms with Crippen LogP contribution in [0.25, 0.3) is 11.1 Å². The molecule has 1 radical (unpaired) electrons. The third-order valence-electron chi connectivity index (χ3n) is 6.67. The minimum absolute atomic E-state index is 0.0836. The fraction of sp³-hybridized carbons (Fsp3) is 0.242. The molecule has 1 amide bonds. The van der Waals surface area contributed by atoms with Gasteiger partial charge in [0.1, 0.15) is 0 Å². The Morgan fingerprint density at radius 3 is 2.19 bits per heavy atom. The SMILES string of the molecule is CCCCCc1ccc(CNC(=O)c2cccc(-c3ccc(C([NH])Cc4ccc(Cl)cc4)cc3)c2)cc1. The molecule has 2 N–H and O–H groups in total. The molecule has 0 aliphatic heterocycles. The van der Waals surface area contributed by atoms with Crippen LogP contribution < -0.4 is 11.1 Å². The molecule has 4 aromatic carbocycles. The second-order valence-electron chi connectivity index (χ2n) is 9.54. The number of benzene rings is 4. The molecule has 4 rings (SSSR count). The van der Waals surface area contributed by atoms with E-state index >= 15 is 0 Å². The zero-order valence-corrected chi connectivity index (χ0v) is 22.1. The van der Waals surface area contributed by atoms with Gasteiger partial charge in [-0.15, -0.1) is 0 Å². The topological polar surface area (TPSA) is 52.9 Å². The Bertz CT molecular complexity index is 1280. The van der Waals surface area contributed by atoms with Gasteiger partial charge in [0.05, 0.1) is 6.04 Å². The lowest BCUT2D eigenvalue weighted by atomic mass is 9.96. The van der Waals surface area contributed by atoms with E-state index in [0.717, 1.165) is 34.2 Å². The molecule has 0 spiro atoms. The molecule has 0 saturated heterocycles. The van der Waals surface area contributed by atoms with Gasteiger partial charge in [0.2, 0.25) is 0 Å². The molecule has 37 heavy (non-hydrogen) atoms. The number of unbranched alkanes of at least 4 members (excludes halogenated alkanes) is 2. The zero-order valence-electron chi connectivity index (χ0n) is 21.3. The first-order chi connectivity index (χ1) is 18.0. The summed E-state index contributed by atoms with van der Waals surface area (Å²) >= 11 is 5.97. The maximum absolute atomic E-state index is 12.8. The molecule has 1 unspecified atom stereocenters. The van der Waals surface area contributed by atoms with Crippen molar-refractivity contribution in [2.24, 2.45) is 0 Å². The minimum atomic E-state index is -0.349. The number of carbonyl (C=O) groups is 1.